The second kappa shape index (κ2) is 9.80. The SMILES string of the molecule is COc1ccc(-c2nnc(SCC(=O)c3c[nH]c4ccccc34)n2-c2ccccc2C(C)C)cc1. The monoisotopic (exact) mass is 482 g/mol. The lowest BCUT2D eigenvalue weighted by atomic mass is 10.0. The summed E-state index contributed by atoms with van der Waals surface area (Å²) in [6.07, 6.45) is 1.79. The van der Waals surface area contributed by atoms with Crippen LogP contribution in [0.15, 0.2) is 84.1 Å². The molecule has 176 valence electrons. The van der Waals surface area contributed by atoms with Crippen LogP contribution in [-0.4, -0.2) is 38.4 Å². The maximum atomic E-state index is 13.2. The van der Waals surface area contributed by atoms with Crippen LogP contribution < -0.4 is 4.74 Å². The van der Waals surface area contributed by atoms with Crippen molar-refractivity contribution < 1.29 is 9.53 Å². The molecular formula is C28H26N4O2S. The van der Waals surface area contributed by atoms with E-state index >= 15 is 0 Å². The molecule has 0 radical (unpaired) electrons. The minimum Gasteiger partial charge on any atom is -0.497 e. The largest absolute Gasteiger partial charge is 0.497 e. The highest BCUT2D eigenvalue weighted by Crippen LogP contribution is 2.33. The molecule has 0 aliphatic heterocycles. The summed E-state index contributed by atoms with van der Waals surface area (Å²) in [4.78, 5) is 16.3. The summed E-state index contributed by atoms with van der Waals surface area (Å²) in [5, 5.41) is 10.7. The normalized spacial score (nSPS) is 11.3. The average molecular weight is 483 g/mol. The Morgan fingerprint density at radius 2 is 1.74 bits per heavy atom. The molecule has 35 heavy (non-hydrogen) atoms. The predicted molar refractivity (Wildman–Crippen MR) is 141 cm³/mol. The number of carbonyl (C=O) groups excluding carboxylic acids is 1. The van der Waals surface area contributed by atoms with Gasteiger partial charge in [-0.15, -0.1) is 10.2 Å². The minimum atomic E-state index is 0.0464. The van der Waals surface area contributed by atoms with Crippen molar-refractivity contribution in [3.8, 4) is 22.8 Å². The number of fused-ring (bicyclic) bond motifs is 1. The van der Waals surface area contributed by atoms with Gasteiger partial charge in [0, 0.05) is 28.2 Å². The molecule has 0 saturated heterocycles. The van der Waals surface area contributed by atoms with Crippen LogP contribution in [0, 0.1) is 0 Å². The van der Waals surface area contributed by atoms with Gasteiger partial charge in [-0.1, -0.05) is 62.0 Å². The van der Waals surface area contributed by atoms with E-state index in [1.165, 1.54) is 17.3 Å². The quantitative estimate of drug-likeness (QED) is 0.201. The fraction of sp³-hybridized carbons (Fsp3) is 0.179. The Balaban J connectivity index is 1.53. The van der Waals surface area contributed by atoms with Crippen LogP contribution in [0.3, 0.4) is 0 Å². The van der Waals surface area contributed by atoms with Gasteiger partial charge in [-0.3, -0.25) is 9.36 Å². The van der Waals surface area contributed by atoms with Crippen LogP contribution >= 0.6 is 11.8 Å². The Hall–Kier alpha value is -3.84. The number of Topliss-reactive ketones (excluding diaryl/α,β-unsaturated/α-hetero) is 1. The van der Waals surface area contributed by atoms with E-state index in [1.54, 1.807) is 13.3 Å². The summed E-state index contributed by atoms with van der Waals surface area (Å²) in [5.41, 5.74) is 4.77. The third-order valence-corrected chi connectivity index (χ3v) is 6.93. The number of nitrogens with one attached hydrogen (secondary N) is 1. The smallest absolute Gasteiger partial charge is 0.196 e. The molecule has 0 fully saturated rings. The third-order valence-electron chi connectivity index (χ3n) is 6.00. The van der Waals surface area contributed by atoms with E-state index in [-0.39, 0.29) is 11.5 Å². The van der Waals surface area contributed by atoms with Gasteiger partial charge in [0.15, 0.2) is 16.8 Å². The number of para-hydroxylation sites is 2. The van der Waals surface area contributed by atoms with Crippen LogP contribution in [0.2, 0.25) is 0 Å². The van der Waals surface area contributed by atoms with Crippen molar-refractivity contribution in [3.05, 3.63) is 90.1 Å². The van der Waals surface area contributed by atoms with Gasteiger partial charge in [-0.05, 0) is 47.9 Å². The van der Waals surface area contributed by atoms with E-state index in [0.29, 0.717) is 16.6 Å². The number of ketones is 1. The van der Waals surface area contributed by atoms with Crippen molar-refractivity contribution in [2.24, 2.45) is 0 Å². The number of hydrogen-bond donors (Lipinski definition) is 1. The van der Waals surface area contributed by atoms with E-state index in [9.17, 15) is 4.79 Å². The fourth-order valence-electron chi connectivity index (χ4n) is 4.20. The zero-order valence-electron chi connectivity index (χ0n) is 19.9. The summed E-state index contributed by atoms with van der Waals surface area (Å²) < 4.78 is 7.38. The van der Waals surface area contributed by atoms with Gasteiger partial charge in [0.2, 0.25) is 0 Å². The zero-order valence-corrected chi connectivity index (χ0v) is 20.7. The first-order chi connectivity index (χ1) is 17.1. The Bertz CT molecular complexity index is 1480. The molecule has 5 aromatic rings. The molecule has 3 aromatic carbocycles. The van der Waals surface area contributed by atoms with E-state index in [0.717, 1.165) is 33.7 Å². The third kappa shape index (κ3) is 4.47. The number of benzene rings is 3. The average Bonchev–Trinajstić information content (AvgIpc) is 3.52. The van der Waals surface area contributed by atoms with Crippen molar-refractivity contribution in [3.63, 3.8) is 0 Å². The van der Waals surface area contributed by atoms with Gasteiger partial charge in [0.05, 0.1) is 18.6 Å². The van der Waals surface area contributed by atoms with Crippen LogP contribution in [-0.2, 0) is 0 Å². The molecule has 6 nitrogen and oxygen atoms in total. The number of ether oxygens (including phenoxy) is 1. The molecule has 0 saturated carbocycles. The molecule has 0 aliphatic rings. The molecule has 0 spiro atoms. The van der Waals surface area contributed by atoms with E-state index < -0.39 is 0 Å². The summed E-state index contributed by atoms with van der Waals surface area (Å²) in [7, 11) is 1.65. The molecule has 0 atom stereocenters. The van der Waals surface area contributed by atoms with Crippen LogP contribution in [0.1, 0.15) is 35.7 Å². The number of hydrogen-bond acceptors (Lipinski definition) is 5. The van der Waals surface area contributed by atoms with E-state index in [4.69, 9.17) is 4.74 Å². The van der Waals surface area contributed by atoms with Gasteiger partial charge in [0.25, 0.3) is 0 Å². The Morgan fingerprint density at radius 1 is 1.00 bits per heavy atom. The Kier molecular flexibility index (Phi) is 6.42. The summed E-state index contributed by atoms with van der Waals surface area (Å²) in [6, 6.07) is 23.9. The lowest BCUT2D eigenvalue weighted by molar-refractivity contribution is 0.102. The number of aromatic nitrogens is 4. The second-order valence-corrected chi connectivity index (χ2v) is 9.49. The fourth-order valence-corrected chi connectivity index (χ4v) is 5.03. The number of aromatic amines is 1. The molecule has 2 heterocycles. The molecule has 7 heteroatoms. The lowest BCUT2D eigenvalue weighted by Gasteiger charge is -2.17. The number of methoxy groups -OCH3 is 1. The maximum Gasteiger partial charge on any atom is 0.196 e. The standard InChI is InChI=1S/C28H26N4O2S/c1-18(2)21-8-5-7-11-25(21)32-27(19-12-14-20(34-3)15-13-19)30-31-28(32)35-17-26(33)23-16-29-24-10-6-4-9-22(23)24/h4-16,18,29H,17H2,1-3H3. The first-order valence-electron chi connectivity index (χ1n) is 11.5. The summed E-state index contributed by atoms with van der Waals surface area (Å²) in [6.45, 7) is 4.34. The molecule has 1 N–H and O–H groups in total. The van der Waals surface area contributed by atoms with E-state index in [1.807, 2.05) is 60.7 Å². The number of H-pyrrole nitrogens is 1. The highest BCUT2D eigenvalue weighted by Gasteiger charge is 2.21. The number of carbonyl (C=O) groups is 1. The molecule has 0 aliphatic carbocycles. The summed E-state index contributed by atoms with van der Waals surface area (Å²) >= 11 is 1.40. The first kappa shape index (κ1) is 22.9. The highest BCUT2D eigenvalue weighted by molar-refractivity contribution is 7.99. The Labute approximate surface area is 208 Å². The molecule has 0 bridgehead atoms. The highest BCUT2D eigenvalue weighted by atomic mass is 32.2. The molecule has 2 aromatic heterocycles. The second-order valence-electron chi connectivity index (χ2n) is 8.54. The van der Waals surface area contributed by atoms with Crippen LogP contribution in [0.4, 0.5) is 0 Å². The zero-order chi connectivity index (χ0) is 24.4. The van der Waals surface area contributed by atoms with Crippen LogP contribution in [0.5, 0.6) is 5.75 Å². The number of rotatable bonds is 8. The first-order valence-corrected chi connectivity index (χ1v) is 12.5. The summed E-state index contributed by atoms with van der Waals surface area (Å²) in [5.74, 6) is 2.11. The molecule has 0 amide bonds. The maximum absolute atomic E-state index is 13.2. The van der Waals surface area contributed by atoms with E-state index in [2.05, 4.69) is 45.7 Å². The van der Waals surface area contributed by atoms with Gasteiger partial charge in [-0.2, -0.15) is 0 Å². The number of nitrogens with zero attached hydrogens (tertiary/aromatic N) is 3. The van der Waals surface area contributed by atoms with Gasteiger partial charge in [-0.25, -0.2) is 0 Å². The van der Waals surface area contributed by atoms with Gasteiger partial charge >= 0.3 is 0 Å². The number of thioether (sulfide) groups is 1. The Morgan fingerprint density at radius 3 is 2.51 bits per heavy atom. The predicted octanol–water partition coefficient (Wildman–Crippen LogP) is 6.52. The molecular weight excluding hydrogens is 456 g/mol. The van der Waals surface area contributed by atoms with Crippen molar-refractivity contribution in [2.75, 3.05) is 12.9 Å². The molecule has 0 unspecified atom stereocenters. The minimum absolute atomic E-state index is 0.0464. The van der Waals surface area contributed by atoms with Crippen molar-refractivity contribution >= 4 is 28.4 Å². The van der Waals surface area contributed by atoms with Crippen molar-refractivity contribution in [1.82, 2.24) is 19.7 Å². The van der Waals surface area contributed by atoms with Crippen LogP contribution in [0.25, 0.3) is 28.0 Å². The van der Waals surface area contributed by atoms with Gasteiger partial charge < -0.3 is 9.72 Å². The lowest BCUT2D eigenvalue weighted by Crippen LogP contribution is -2.07. The topological polar surface area (TPSA) is 72.8 Å². The van der Waals surface area contributed by atoms with Crippen molar-refractivity contribution in [2.45, 2.75) is 24.9 Å². The van der Waals surface area contributed by atoms with Gasteiger partial charge in [0.1, 0.15) is 5.75 Å². The molecule has 5 rings (SSSR count). The van der Waals surface area contributed by atoms with Crippen molar-refractivity contribution in [1.29, 1.82) is 0 Å².